The van der Waals surface area contributed by atoms with E-state index in [-0.39, 0.29) is 6.42 Å². The summed E-state index contributed by atoms with van der Waals surface area (Å²) in [6.45, 7) is 9.48. The van der Waals surface area contributed by atoms with E-state index in [2.05, 4.69) is 25.9 Å². The second kappa shape index (κ2) is 12.4. The van der Waals surface area contributed by atoms with E-state index in [4.69, 9.17) is 4.74 Å². The van der Waals surface area contributed by atoms with E-state index in [9.17, 15) is 19.2 Å². The SMILES string of the molecule is CC(C)=NOC(=O)CNC(=O)[C@H](Cc1ccccc1)NC(=O)[C@@H](C)NC(=O)OC(C)(C)C. The van der Waals surface area contributed by atoms with Gasteiger partial charge in [-0.05, 0) is 47.1 Å². The predicted octanol–water partition coefficient (Wildman–Crippen LogP) is 1.68. The summed E-state index contributed by atoms with van der Waals surface area (Å²) in [5, 5.41) is 11.0. The molecule has 0 aliphatic heterocycles. The molecule has 10 nitrogen and oxygen atoms in total. The fraction of sp³-hybridized carbons (Fsp3) is 0.500. The van der Waals surface area contributed by atoms with E-state index < -0.39 is 48.1 Å². The van der Waals surface area contributed by atoms with Crippen LogP contribution in [0.25, 0.3) is 0 Å². The average Bonchev–Trinajstić information content (AvgIpc) is 2.69. The van der Waals surface area contributed by atoms with Crippen LogP contribution in [0, 0.1) is 0 Å². The third-order valence-corrected chi connectivity index (χ3v) is 3.78. The fourth-order valence-corrected chi connectivity index (χ4v) is 2.36. The molecule has 0 spiro atoms. The molecule has 176 valence electrons. The number of ether oxygens (including phenoxy) is 1. The third kappa shape index (κ3) is 11.1. The van der Waals surface area contributed by atoms with E-state index in [1.807, 2.05) is 18.2 Å². The Morgan fingerprint density at radius 3 is 2.19 bits per heavy atom. The van der Waals surface area contributed by atoms with Crippen LogP contribution >= 0.6 is 0 Å². The molecule has 1 aromatic carbocycles. The zero-order valence-electron chi connectivity index (χ0n) is 19.4. The summed E-state index contributed by atoms with van der Waals surface area (Å²) in [5.74, 6) is -1.91. The fourth-order valence-electron chi connectivity index (χ4n) is 2.36. The van der Waals surface area contributed by atoms with Gasteiger partial charge >= 0.3 is 12.1 Å². The van der Waals surface area contributed by atoms with Crippen molar-refractivity contribution >= 4 is 29.6 Å². The molecule has 0 unspecified atom stereocenters. The quantitative estimate of drug-likeness (QED) is 0.299. The number of carbonyl (C=O) groups excluding carboxylic acids is 4. The zero-order valence-corrected chi connectivity index (χ0v) is 19.4. The largest absolute Gasteiger partial charge is 0.444 e. The van der Waals surface area contributed by atoms with Crippen LogP contribution in [0.4, 0.5) is 4.79 Å². The lowest BCUT2D eigenvalue weighted by Crippen LogP contribution is -2.54. The normalized spacial score (nSPS) is 12.6. The standard InChI is InChI=1S/C22H32N4O6/c1-14(2)26-32-18(27)13-23-20(29)17(12-16-10-8-7-9-11-16)25-19(28)15(3)24-21(30)31-22(4,5)6/h7-11,15,17H,12-13H2,1-6H3,(H,23,29)(H,24,30)(H,25,28)/t15-,17+/m1/s1. The molecule has 3 amide bonds. The van der Waals surface area contributed by atoms with Gasteiger partial charge < -0.3 is 25.5 Å². The first-order chi connectivity index (χ1) is 14.9. The summed E-state index contributed by atoms with van der Waals surface area (Å²) in [5.41, 5.74) is 0.630. The van der Waals surface area contributed by atoms with E-state index in [1.165, 1.54) is 6.92 Å². The summed E-state index contributed by atoms with van der Waals surface area (Å²) < 4.78 is 5.14. The Kier molecular flexibility index (Phi) is 10.3. The first kappa shape index (κ1) is 26.6. The van der Waals surface area contributed by atoms with E-state index in [0.717, 1.165) is 5.56 Å². The van der Waals surface area contributed by atoms with E-state index >= 15 is 0 Å². The zero-order chi connectivity index (χ0) is 24.3. The lowest BCUT2D eigenvalue weighted by molar-refractivity contribution is -0.144. The van der Waals surface area contributed by atoms with Crippen molar-refractivity contribution in [1.82, 2.24) is 16.0 Å². The van der Waals surface area contributed by atoms with Crippen molar-refractivity contribution < 1.29 is 28.8 Å². The molecule has 10 heteroatoms. The Morgan fingerprint density at radius 1 is 1.00 bits per heavy atom. The number of benzene rings is 1. The summed E-state index contributed by atoms with van der Waals surface area (Å²) in [6, 6.07) is 7.11. The van der Waals surface area contributed by atoms with Crippen LogP contribution in [0.1, 0.15) is 47.1 Å². The van der Waals surface area contributed by atoms with Crippen molar-refractivity contribution in [2.75, 3.05) is 6.54 Å². The number of amides is 3. The highest BCUT2D eigenvalue weighted by atomic mass is 16.7. The topological polar surface area (TPSA) is 135 Å². The third-order valence-electron chi connectivity index (χ3n) is 3.78. The van der Waals surface area contributed by atoms with Gasteiger partial charge in [0.05, 0.1) is 5.71 Å². The minimum Gasteiger partial charge on any atom is -0.444 e. The number of nitrogens with one attached hydrogen (secondary N) is 3. The van der Waals surface area contributed by atoms with Crippen LogP contribution < -0.4 is 16.0 Å². The molecule has 0 fully saturated rings. The number of hydrogen-bond donors (Lipinski definition) is 3. The first-order valence-corrected chi connectivity index (χ1v) is 10.2. The lowest BCUT2D eigenvalue weighted by atomic mass is 10.0. The number of carbonyl (C=O) groups is 4. The maximum Gasteiger partial charge on any atom is 0.408 e. The number of alkyl carbamates (subject to hydrolysis) is 1. The van der Waals surface area contributed by atoms with Crippen molar-refractivity contribution in [1.29, 1.82) is 0 Å². The molecule has 0 aromatic heterocycles. The Balaban J connectivity index is 2.79. The summed E-state index contributed by atoms with van der Waals surface area (Å²) in [6.07, 6.45) is -0.572. The Labute approximate surface area is 188 Å². The average molecular weight is 449 g/mol. The smallest absolute Gasteiger partial charge is 0.408 e. The van der Waals surface area contributed by atoms with Gasteiger partial charge in [-0.2, -0.15) is 0 Å². The van der Waals surface area contributed by atoms with Crippen molar-refractivity contribution in [3.05, 3.63) is 35.9 Å². The second-order valence-electron chi connectivity index (χ2n) is 8.34. The number of hydrogen-bond acceptors (Lipinski definition) is 7. The number of oxime groups is 1. The number of rotatable bonds is 9. The highest BCUT2D eigenvalue weighted by Crippen LogP contribution is 2.07. The van der Waals surface area contributed by atoms with Crippen LogP contribution in [0.15, 0.2) is 35.5 Å². The number of nitrogens with zero attached hydrogens (tertiary/aromatic N) is 1. The van der Waals surface area contributed by atoms with Crippen LogP contribution in [0.5, 0.6) is 0 Å². The molecule has 2 atom stereocenters. The molecule has 0 bridgehead atoms. The Bertz CT molecular complexity index is 829. The van der Waals surface area contributed by atoms with Gasteiger partial charge in [-0.25, -0.2) is 9.59 Å². The Hall–Kier alpha value is -3.43. The van der Waals surface area contributed by atoms with Crippen molar-refractivity contribution in [3.63, 3.8) is 0 Å². The minimum atomic E-state index is -0.989. The van der Waals surface area contributed by atoms with Crippen molar-refractivity contribution in [3.8, 4) is 0 Å². The minimum absolute atomic E-state index is 0.179. The van der Waals surface area contributed by atoms with Crippen LogP contribution in [-0.2, 0) is 30.4 Å². The van der Waals surface area contributed by atoms with Gasteiger partial charge in [0.25, 0.3) is 0 Å². The molecule has 0 saturated heterocycles. The van der Waals surface area contributed by atoms with Crippen molar-refractivity contribution in [2.24, 2.45) is 5.16 Å². The maximum absolute atomic E-state index is 12.7. The highest BCUT2D eigenvalue weighted by molar-refractivity contribution is 5.92. The molecular weight excluding hydrogens is 416 g/mol. The lowest BCUT2D eigenvalue weighted by Gasteiger charge is -2.23. The van der Waals surface area contributed by atoms with Crippen LogP contribution in [0.3, 0.4) is 0 Å². The molecule has 1 aromatic rings. The van der Waals surface area contributed by atoms with Gasteiger partial charge in [0, 0.05) is 6.42 Å². The summed E-state index contributed by atoms with van der Waals surface area (Å²) in [4.78, 5) is 53.5. The molecule has 0 aliphatic rings. The molecule has 0 heterocycles. The van der Waals surface area contributed by atoms with Gasteiger partial charge in [0.1, 0.15) is 24.2 Å². The molecule has 0 radical (unpaired) electrons. The molecule has 0 saturated carbocycles. The molecule has 1 rings (SSSR count). The van der Waals surface area contributed by atoms with Crippen LogP contribution in [0.2, 0.25) is 0 Å². The van der Waals surface area contributed by atoms with Gasteiger partial charge in [-0.1, -0.05) is 35.5 Å². The van der Waals surface area contributed by atoms with Gasteiger partial charge in [-0.15, -0.1) is 0 Å². The molecular formula is C22H32N4O6. The van der Waals surface area contributed by atoms with Gasteiger partial charge in [0.15, 0.2) is 0 Å². The maximum atomic E-state index is 12.7. The van der Waals surface area contributed by atoms with Gasteiger partial charge in [0.2, 0.25) is 11.8 Å². The monoisotopic (exact) mass is 448 g/mol. The van der Waals surface area contributed by atoms with E-state index in [1.54, 1.807) is 46.8 Å². The highest BCUT2D eigenvalue weighted by Gasteiger charge is 2.26. The Morgan fingerprint density at radius 2 is 1.62 bits per heavy atom. The molecule has 3 N–H and O–H groups in total. The van der Waals surface area contributed by atoms with Crippen molar-refractivity contribution in [2.45, 2.75) is 65.6 Å². The second-order valence-corrected chi connectivity index (χ2v) is 8.34. The first-order valence-electron chi connectivity index (χ1n) is 10.2. The van der Waals surface area contributed by atoms with Crippen LogP contribution in [-0.4, -0.2) is 53.8 Å². The summed E-state index contributed by atoms with van der Waals surface area (Å²) in [7, 11) is 0. The molecule has 0 aliphatic carbocycles. The predicted molar refractivity (Wildman–Crippen MR) is 119 cm³/mol. The van der Waals surface area contributed by atoms with Gasteiger partial charge in [-0.3, -0.25) is 9.59 Å². The summed E-state index contributed by atoms with van der Waals surface area (Å²) >= 11 is 0. The van der Waals surface area contributed by atoms with E-state index in [0.29, 0.717) is 5.71 Å². The molecule has 32 heavy (non-hydrogen) atoms.